The van der Waals surface area contributed by atoms with Crippen molar-refractivity contribution in [3.05, 3.63) is 30.3 Å². The first-order valence-corrected chi connectivity index (χ1v) is 9.90. The number of para-hydroxylation sites is 1. The van der Waals surface area contributed by atoms with Crippen molar-refractivity contribution in [3.8, 4) is 0 Å². The summed E-state index contributed by atoms with van der Waals surface area (Å²) >= 11 is 0. The highest BCUT2D eigenvalue weighted by Gasteiger charge is 2.40. The van der Waals surface area contributed by atoms with Crippen molar-refractivity contribution in [2.75, 3.05) is 64.1 Å². The van der Waals surface area contributed by atoms with Crippen LogP contribution in [0.5, 0.6) is 0 Å². The zero-order valence-corrected chi connectivity index (χ0v) is 15.8. The zero-order chi connectivity index (χ0) is 18.5. The summed E-state index contributed by atoms with van der Waals surface area (Å²) in [5, 5.41) is 3.00. The minimum absolute atomic E-state index is 0.0455. The Hall–Kier alpha value is -1.83. The Labute approximate surface area is 160 Å². The monoisotopic (exact) mass is 375 g/mol. The van der Waals surface area contributed by atoms with Gasteiger partial charge in [-0.15, -0.1) is 0 Å². The lowest BCUT2D eigenvalue weighted by Crippen LogP contribution is -2.63. The summed E-state index contributed by atoms with van der Waals surface area (Å²) in [6.45, 7) is 7.07. The number of nitrogens with zero attached hydrogens (tertiary/aromatic N) is 2. The van der Waals surface area contributed by atoms with Crippen LogP contribution >= 0.6 is 0 Å². The fourth-order valence-corrected chi connectivity index (χ4v) is 4.15. The number of benzene rings is 1. The maximum Gasteiger partial charge on any atom is 0.407 e. The summed E-state index contributed by atoms with van der Waals surface area (Å²) < 4.78 is 16.0. The third-order valence-electron chi connectivity index (χ3n) is 5.94. The van der Waals surface area contributed by atoms with Gasteiger partial charge in [0.15, 0.2) is 6.10 Å². The first-order chi connectivity index (χ1) is 13.3. The molecule has 1 amide bonds. The third-order valence-corrected chi connectivity index (χ3v) is 5.94. The summed E-state index contributed by atoms with van der Waals surface area (Å²) in [4.78, 5) is 17.1. The Morgan fingerprint density at radius 2 is 1.78 bits per heavy atom. The van der Waals surface area contributed by atoms with E-state index in [1.54, 1.807) is 0 Å². The third kappa shape index (κ3) is 4.36. The van der Waals surface area contributed by atoms with Gasteiger partial charge in [0.2, 0.25) is 0 Å². The maximum absolute atomic E-state index is 12.1. The van der Waals surface area contributed by atoms with Crippen LogP contribution in [0.2, 0.25) is 0 Å². The molecule has 0 atom stereocenters. The number of hydrogen-bond donors (Lipinski definition) is 1. The van der Waals surface area contributed by atoms with Crippen molar-refractivity contribution in [1.82, 2.24) is 10.2 Å². The van der Waals surface area contributed by atoms with Crippen LogP contribution in [0.3, 0.4) is 0 Å². The molecule has 3 aliphatic heterocycles. The molecule has 1 aromatic carbocycles. The summed E-state index contributed by atoms with van der Waals surface area (Å²) in [5.41, 5.74) is 1.23. The first-order valence-electron chi connectivity index (χ1n) is 9.90. The van der Waals surface area contributed by atoms with Crippen molar-refractivity contribution >= 4 is 11.8 Å². The van der Waals surface area contributed by atoms with Crippen LogP contribution in [0.15, 0.2) is 30.3 Å². The molecule has 3 aliphatic rings. The molecular weight excluding hydrogens is 346 g/mol. The van der Waals surface area contributed by atoms with E-state index in [9.17, 15) is 4.79 Å². The van der Waals surface area contributed by atoms with Crippen molar-refractivity contribution in [1.29, 1.82) is 0 Å². The minimum atomic E-state index is -0.336. The highest BCUT2D eigenvalue weighted by molar-refractivity contribution is 5.67. The molecular formula is C20H29N3O4. The average molecular weight is 375 g/mol. The lowest BCUT2D eigenvalue weighted by atomic mass is 9.87. The number of anilines is 1. The summed E-state index contributed by atoms with van der Waals surface area (Å²) in [7, 11) is 0. The predicted octanol–water partition coefficient (Wildman–Crippen LogP) is 1.48. The Balaban J connectivity index is 1.34. The second-order valence-corrected chi connectivity index (χ2v) is 7.56. The summed E-state index contributed by atoms with van der Waals surface area (Å²) in [6, 6.07) is 10.6. The Morgan fingerprint density at radius 3 is 2.41 bits per heavy atom. The second kappa shape index (κ2) is 8.46. The van der Waals surface area contributed by atoms with E-state index in [2.05, 4.69) is 45.4 Å². The quantitative estimate of drug-likeness (QED) is 0.841. The molecule has 0 spiro atoms. The van der Waals surface area contributed by atoms with Crippen LogP contribution in [0.25, 0.3) is 0 Å². The van der Waals surface area contributed by atoms with E-state index in [1.807, 2.05) is 0 Å². The van der Waals surface area contributed by atoms with Crippen molar-refractivity contribution < 1.29 is 19.0 Å². The van der Waals surface area contributed by atoms with Crippen LogP contribution in [-0.2, 0) is 14.2 Å². The molecule has 7 nitrogen and oxygen atoms in total. The number of nitrogens with one attached hydrogen (secondary N) is 1. The van der Waals surface area contributed by atoms with Gasteiger partial charge in [0, 0.05) is 57.2 Å². The molecule has 0 aliphatic carbocycles. The molecule has 0 aromatic heterocycles. The highest BCUT2D eigenvalue weighted by atomic mass is 16.6. The molecule has 3 fully saturated rings. The van der Waals surface area contributed by atoms with E-state index >= 15 is 0 Å². The normalized spacial score (nSPS) is 23.5. The molecule has 0 radical (unpaired) electrons. The summed E-state index contributed by atoms with van der Waals surface area (Å²) in [6.07, 6.45) is 1.44. The molecule has 3 heterocycles. The van der Waals surface area contributed by atoms with Gasteiger partial charge in [0.1, 0.15) is 0 Å². The highest BCUT2D eigenvalue weighted by Crippen LogP contribution is 2.29. The van der Waals surface area contributed by atoms with E-state index in [0.29, 0.717) is 19.8 Å². The molecule has 0 saturated carbocycles. The van der Waals surface area contributed by atoms with Gasteiger partial charge < -0.3 is 24.4 Å². The van der Waals surface area contributed by atoms with Gasteiger partial charge in [-0.05, 0) is 25.0 Å². The number of rotatable bonds is 5. The first kappa shape index (κ1) is 18.5. The van der Waals surface area contributed by atoms with E-state index in [1.165, 1.54) is 5.69 Å². The lowest BCUT2D eigenvalue weighted by molar-refractivity contribution is -0.0991. The van der Waals surface area contributed by atoms with E-state index in [4.69, 9.17) is 14.2 Å². The molecule has 0 bridgehead atoms. The molecule has 1 N–H and O–H groups in total. The van der Waals surface area contributed by atoms with Crippen LogP contribution in [-0.4, -0.2) is 81.8 Å². The largest absolute Gasteiger partial charge is 0.441 e. The lowest BCUT2D eigenvalue weighted by Gasteiger charge is -2.50. The van der Waals surface area contributed by atoms with Crippen molar-refractivity contribution in [2.24, 2.45) is 0 Å². The predicted molar refractivity (Wildman–Crippen MR) is 102 cm³/mol. The second-order valence-electron chi connectivity index (χ2n) is 7.56. The van der Waals surface area contributed by atoms with Gasteiger partial charge in [0.05, 0.1) is 13.2 Å². The zero-order valence-electron chi connectivity index (χ0n) is 15.8. The minimum Gasteiger partial charge on any atom is -0.441 e. The SMILES string of the molecule is O=C(NCC1(N2CCN(c3ccccc3)CC2)CCOCC1)OC1COC1. The number of amides is 1. The fourth-order valence-electron chi connectivity index (χ4n) is 4.15. The van der Waals surface area contributed by atoms with Gasteiger partial charge in [-0.25, -0.2) is 4.79 Å². The van der Waals surface area contributed by atoms with Crippen LogP contribution in [0, 0.1) is 0 Å². The van der Waals surface area contributed by atoms with Crippen molar-refractivity contribution in [3.63, 3.8) is 0 Å². The number of piperazine rings is 1. The summed E-state index contributed by atoms with van der Waals surface area (Å²) in [5.74, 6) is 0. The topological polar surface area (TPSA) is 63.3 Å². The van der Waals surface area contributed by atoms with Gasteiger partial charge in [0.25, 0.3) is 0 Å². The Morgan fingerprint density at radius 1 is 1.07 bits per heavy atom. The van der Waals surface area contributed by atoms with Gasteiger partial charge in [-0.3, -0.25) is 4.90 Å². The Kier molecular flexibility index (Phi) is 5.80. The van der Waals surface area contributed by atoms with E-state index < -0.39 is 0 Å². The number of alkyl carbamates (subject to hydrolysis) is 1. The molecule has 3 saturated heterocycles. The number of carbonyl (C=O) groups is 1. The Bertz CT molecular complexity index is 609. The maximum atomic E-state index is 12.1. The number of hydrogen-bond acceptors (Lipinski definition) is 6. The van der Waals surface area contributed by atoms with Crippen LogP contribution in [0.4, 0.5) is 10.5 Å². The molecule has 0 unspecified atom stereocenters. The van der Waals surface area contributed by atoms with Crippen molar-refractivity contribution in [2.45, 2.75) is 24.5 Å². The average Bonchev–Trinajstić information content (AvgIpc) is 2.71. The molecule has 1 aromatic rings. The molecule has 27 heavy (non-hydrogen) atoms. The van der Waals surface area contributed by atoms with Gasteiger partial charge in [-0.1, -0.05) is 18.2 Å². The fraction of sp³-hybridized carbons (Fsp3) is 0.650. The van der Waals surface area contributed by atoms with E-state index in [0.717, 1.165) is 52.2 Å². The van der Waals surface area contributed by atoms with Gasteiger partial charge >= 0.3 is 6.09 Å². The number of ether oxygens (including phenoxy) is 3. The van der Waals surface area contributed by atoms with Crippen LogP contribution < -0.4 is 10.2 Å². The van der Waals surface area contributed by atoms with Crippen LogP contribution in [0.1, 0.15) is 12.8 Å². The molecule has 148 valence electrons. The van der Waals surface area contributed by atoms with Gasteiger partial charge in [-0.2, -0.15) is 0 Å². The molecule has 7 heteroatoms. The standard InChI is InChI=1S/C20H29N3O4/c24-19(27-18-14-26-15-18)21-16-20(6-12-25-13-7-20)23-10-8-22(9-11-23)17-4-2-1-3-5-17/h1-5,18H,6-16H2,(H,21,24). The molecule has 4 rings (SSSR count). The smallest absolute Gasteiger partial charge is 0.407 e. The van der Waals surface area contributed by atoms with E-state index in [-0.39, 0.29) is 17.7 Å². The number of carbonyl (C=O) groups excluding carboxylic acids is 1.